The van der Waals surface area contributed by atoms with E-state index in [4.69, 9.17) is 5.84 Å². The first-order chi connectivity index (χ1) is 9.32. The molecule has 1 saturated carbocycles. The number of anilines is 1. The summed E-state index contributed by atoms with van der Waals surface area (Å²) < 4.78 is 0. The number of nitrogen functional groups attached to an aromatic ring is 1. The molecule has 1 aliphatic carbocycles. The van der Waals surface area contributed by atoms with E-state index in [1.807, 2.05) is 13.8 Å². The second-order valence-corrected chi connectivity index (χ2v) is 7.20. The van der Waals surface area contributed by atoms with Gasteiger partial charge in [0.05, 0.1) is 0 Å². The van der Waals surface area contributed by atoms with Gasteiger partial charge in [-0.25, -0.2) is 15.8 Å². The molecule has 1 heterocycles. The zero-order valence-electron chi connectivity index (χ0n) is 13.5. The maximum Gasteiger partial charge on any atom is 0.146 e. The Morgan fingerprint density at radius 3 is 2.15 bits per heavy atom. The molecule has 1 aromatic heterocycles. The van der Waals surface area contributed by atoms with Crippen LogP contribution in [0.15, 0.2) is 0 Å². The van der Waals surface area contributed by atoms with Crippen LogP contribution in [0.25, 0.3) is 0 Å². The number of nitrogens with one attached hydrogen (secondary N) is 1. The average molecular weight is 276 g/mol. The average Bonchev–Trinajstić information content (AvgIpc) is 2.41. The maximum absolute atomic E-state index is 5.56. The van der Waals surface area contributed by atoms with Gasteiger partial charge in [-0.1, -0.05) is 20.8 Å². The smallest absolute Gasteiger partial charge is 0.146 e. The summed E-state index contributed by atoms with van der Waals surface area (Å²) in [6.07, 6.45) is 4.93. The molecule has 2 rings (SSSR count). The highest BCUT2D eigenvalue weighted by molar-refractivity contribution is 5.44. The Labute approximate surface area is 122 Å². The van der Waals surface area contributed by atoms with Crippen molar-refractivity contribution in [2.75, 3.05) is 5.43 Å². The largest absolute Gasteiger partial charge is 0.308 e. The quantitative estimate of drug-likeness (QED) is 0.638. The Balaban J connectivity index is 2.13. The number of aromatic nitrogens is 2. The normalized spacial score (nSPS) is 23.7. The van der Waals surface area contributed by atoms with Crippen molar-refractivity contribution >= 4 is 5.82 Å². The van der Waals surface area contributed by atoms with E-state index in [1.165, 1.54) is 25.7 Å². The molecule has 4 heteroatoms. The number of nitrogens with zero attached hydrogens (tertiary/aromatic N) is 2. The van der Waals surface area contributed by atoms with Crippen molar-refractivity contribution in [3.8, 4) is 0 Å². The lowest BCUT2D eigenvalue weighted by Gasteiger charge is -2.36. The van der Waals surface area contributed by atoms with Crippen molar-refractivity contribution in [3.05, 3.63) is 17.1 Å². The van der Waals surface area contributed by atoms with E-state index < -0.39 is 0 Å². The lowest BCUT2D eigenvalue weighted by atomic mass is 9.69. The van der Waals surface area contributed by atoms with Gasteiger partial charge in [-0.15, -0.1) is 0 Å². The van der Waals surface area contributed by atoms with E-state index in [0.717, 1.165) is 28.8 Å². The topological polar surface area (TPSA) is 63.8 Å². The van der Waals surface area contributed by atoms with Crippen LogP contribution in [0, 0.1) is 25.2 Å². The molecule has 0 unspecified atom stereocenters. The van der Waals surface area contributed by atoms with Crippen molar-refractivity contribution in [2.45, 2.75) is 66.2 Å². The summed E-state index contributed by atoms with van der Waals surface area (Å²) in [5, 5.41) is 0. The van der Waals surface area contributed by atoms with Gasteiger partial charge >= 0.3 is 0 Å². The minimum atomic E-state index is 0.416. The molecule has 0 spiro atoms. The maximum atomic E-state index is 5.56. The molecule has 20 heavy (non-hydrogen) atoms. The molecule has 0 bridgehead atoms. The zero-order valence-corrected chi connectivity index (χ0v) is 13.5. The van der Waals surface area contributed by atoms with Crippen molar-refractivity contribution in [2.24, 2.45) is 17.2 Å². The fraction of sp³-hybridized carbons (Fsp3) is 0.750. The van der Waals surface area contributed by atoms with E-state index in [-0.39, 0.29) is 0 Å². The molecule has 0 atom stereocenters. The molecule has 0 aromatic carbocycles. The van der Waals surface area contributed by atoms with Gasteiger partial charge in [0.15, 0.2) is 0 Å². The lowest BCUT2D eigenvalue weighted by Crippen LogP contribution is -2.26. The standard InChI is InChI=1S/C16H28N4/c1-10-11(2)18-15(19-14(10)20-17)12-6-8-13(9-7-12)16(3,4)5/h12-13H,6-9,17H2,1-5H3,(H,18,19,20). The molecule has 0 aliphatic heterocycles. The first kappa shape index (κ1) is 15.2. The minimum Gasteiger partial charge on any atom is -0.308 e. The third-order valence-corrected chi connectivity index (χ3v) is 4.86. The highest BCUT2D eigenvalue weighted by Crippen LogP contribution is 2.42. The highest BCUT2D eigenvalue weighted by atomic mass is 15.3. The van der Waals surface area contributed by atoms with Crippen molar-refractivity contribution in [1.29, 1.82) is 0 Å². The molecular weight excluding hydrogens is 248 g/mol. The molecule has 1 fully saturated rings. The first-order valence-electron chi connectivity index (χ1n) is 7.64. The van der Waals surface area contributed by atoms with Crippen LogP contribution in [0.1, 0.15) is 69.5 Å². The Morgan fingerprint density at radius 2 is 1.65 bits per heavy atom. The SMILES string of the molecule is Cc1nc(C2CCC(C(C)(C)C)CC2)nc(NN)c1C. The van der Waals surface area contributed by atoms with Gasteiger partial charge in [0.1, 0.15) is 11.6 Å². The van der Waals surface area contributed by atoms with Crippen LogP contribution >= 0.6 is 0 Å². The molecule has 1 aromatic rings. The first-order valence-corrected chi connectivity index (χ1v) is 7.64. The van der Waals surface area contributed by atoms with Crippen LogP contribution in [-0.2, 0) is 0 Å². The minimum absolute atomic E-state index is 0.416. The summed E-state index contributed by atoms with van der Waals surface area (Å²) >= 11 is 0. The molecular formula is C16H28N4. The number of aryl methyl sites for hydroxylation is 1. The summed E-state index contributed by atoms with van der Waals surface area (Å²) in [4.78, 5) is 9.30. The van der Waals surface area contributed by atoms with Crippen molar-refractivity contribution < 1.29 is 0 Å². The second-order valence-electron chi connectivity index (χ2n) is 7.20. The summed E-state index contributed by atoms with van der Waals surface area (Å²) in [7, 11) is 0. The molecule has 112 valence electrons. The Hall–Kier alpha value is -1.16. The van der Waals surface area contributed by atoms with E-state index >= 15 is 0 Å². The van der Waals surface area contributed by atoms with Gasteiger partial charge in [0, 0.05) is 17.2 Å². The number of rotatable bonds is 2. The summed E-state index contributed by atoms with van der Waals surface area (Å²) in [5.74, 6) is 8.60. The predicted octanol–water partition coefficient (Wildman–Crippen LogP) is 3.70. The van der Waals surface area contributed by atoms with E-state index in [2.05, 4.69) is 36.2 Å². The van der Waals surface area contributed by atoms with Crippen LogP contribution in [0.4, 0.5) is 5.82 Å². The van der Waals surface area contributed by atoms with Gasteiger partial charge in [0.2, 0.25) is 0 Å². The van der Waals surface area contributed by atoms with E-state index in [9.17, 15) is 0 Å². The fourth-order valence-corrected chi connectivity index (χ4v) is 3.19. The fourth-order valence-electron chi connectivity index (χ4n) is 3.19. The van der Waals surface area contributed by atoms with E-state index in [0.29, 0.717) is 11.3 Å². The molecule has 4 nitrogen and oxygen atoms in total. The van der Waals surface area contributed by atoms with Crippen LogP contribution < -0.4 is 11.3 Å². The van der Waals surface area contributed by atoms with Crippen LogP contribution in [0.3, 0.4) is 0 Å². The van der Waals surface area contributed by atoms with Crippen molar-refractivity contribution in [1.82, 2.24) is 9.97 Å². The number of hydrogen-bond acceptors (Lipinski definition) is 4. The summed E-state index contributed by atoms with van der Waals surface area (Å²) in [6.45, 7) is 11.1. The third kappa shape index (κ3) is 3.11. The van der Waals surface area contributed by atoms with Gasteiger partial charge in [0.25, 0.3) is 0 Å². The van der Waals surface area contributed by atoms with Crippen LogP contribution in [0.5, 0.6) is 0 Å². The number of hydrazine groups is 1. The van der Waals surface area contributed by atoms with Gasteiger partial charge in [-0.05, 0) is 50.9 Å². The predicted molar refractivity (Wildman–Crippen MR) is 83.5 cm³/mol. The Morgan fingerprint density at radius 1 is 1.05 bits per heavy atom. The second kappa shape index (κ2) is 5.68. The molecule has 0 saturated heterocycles. The van der Waals surface area contributed by atoms with Gasteiger partial charge in [-0.3, -0.25) is 0 Å². The van der Waals surface area contributed by atoms with Crippen molar-refractivity contribution in [3.63, 3.8) is 0 Å². The van der Waals surface area contributed by atoms with Gasteiger partial charge < -0.3 is 5.43 Å². The van der Waals surface area contributed by atoms with Crippen LogP contribution in [-0.4, -0.2) is 9.97 Å². The summed E-state index contributed by atoms with van der Waals surface area (Å²) in [5.41, 5.74) is 5.18. The highest BCUT2D eigenvalue weighted by Gasteiger charge is 2.31. The molecule has 0 radical (unpaired) electrons. The lowest BCUT2D eigenvalue weighted by molar-refractivity contribution is 0.167. The Bertz CT molecular complexity index is 468. The molecule has 1 aliphatic rings. The molecule has 0 amide bonds. The molecule has 3 N–H and O–H groups in total. The number of hydrogen-bond donors (Lipinski definition) is 2. The summed E-state index contributed by atoms with van der Waals surface area (Å²) in [6, 6.07) is 0. The van der Waals surface area contributed by atoms with E-state index in [1.54, 1.807) is 0 Å². The number of nitrogens with two attached hydrogens (primary N) is 1. The Kier molecular flexibility index (Phi) is 4.33. The monoisotopic (exact) mass is 276 g/mol. The van der Waals surface area contributed by atoms with Gasteiger partial charge in [-0.2, -0.15) is 0 Å². The third-order valence-electron chi connectivity index (χ3n) is 4.86. The van der Waals surface area contributed by atoms with Crippen LogP contribution in [0.2, 0.25) is 0 Å². The zero-order chi connectivity index (χ0) is 14.9.